The van der Waals surface area contributed by atoms with Crippen LogP contribution in [0.1, 0.15) is 26.7 Å². The maximum atomic E-state index is 12.8. The first-order valence-corrected chi connectivity index (χ1v) is 8.92. The molecule has 0 aromatic heterocycles. The molecule has 1 N–H and O–H groups in total. The van der Waals surface area contributed by atoms with E-state index >= 15 is 0 Å². The third-order valence-electron chi connectivity index (χ3n) is 5.11. The number of halogens is 1. The van der Waals surface area contributed by atoms with E-state index in [1.165, 1.54) is 0 Å². The van der Waals surface area contributed by atoms with Gasteiger partial charge in [-0.3, -0.25) is 9.59 Å². The molecule has 2 saturated heterocycles. The highest BCUT2D eigenvalue weighted by Crippen LogP contribution is 2.29. The fourth-order valence-electron chi connectivity index (χ4n) is 3.68. The first kappa shape index (κ1) is 17.2. The molecule has 1 aromatic rings. The van der Waals surface area contributed by atoms with Crippen LogP contribution >= 0.6 is 11.6 Å². The summed E-state index contributed by atoms with van der Waals surface area (Å²) in [6, 6.07) is 7.56. The Balaban J connectivity index is 1.62. The Morgan fingerprint density at radius 1 is 1.25 bits per heavy atom. The van der Waals surface area contributed by atoms with Crippen LogP contribution in [0.15, 0.2) is 24.3 Å². The second kappa shape index (κ2) is 7.11. The van der Waals surface area contributed by atoms with Crippen molar-refractivity contribution in [3.05, 3.63) is 29.3 Å². The zero-order valence-corrected chi connectivity index (χ0v) is 14.9. The van der Waals surface area contributed by atoms with Gasteiger partial charge in [0.05, 0.1) is 16.8 Å². The van der Waals surface area contributed by atoms with Crippen LogP contribution in [0.3, 0.4) is 0 Å². The van der Waals surface area contributed by atoms with Gasteiger partial charge in [-0.05, 0) is 30.9 Å². The van der Waals surface area contributed by atoms with Gasteiger partial charge < -0.3 is 15.1 Å². The third kappa shape index (κ3) is 3.42. The lowest BCUT2D eigenvalue weighted by atomic mass is 9.93. The predicted octanol–water partition coefficient (Wildman–Crippen LogP) is 2.29. The van der Waals surface area contributed by atoms with Crippen molar-refractivity contribution in [2.24, 2.45) is 5.92 Å². The van der Waals surface area contributed by atoms with E-state index in [9.17, 15) is 9.59 Å². The molecule has 3 unspecified atom stereocenters. The highest BCUT2D eigenvalue weighted by atomic mass is 35.5. The fourth-order valence-corrected chi connectivity index (χ4v) is 3.92. The van der Waals surface area contributed by atoms with Gasteiger partial charge in [0.1, 0.15) is 0 Å². The Morgan fingerprint density at radius 2 is 2.00 bits per heavy atom. The molecule has 0 spiro atoms. The molecular formula is C18H24ClN3O2. The monoisotopic (exact) mass is 349 g/mol. The topological polar surface area (TPSA) is 52.7 Å². The number of rotatable bonds is 3. The summed E-state index contributed by atoms with van der Waals surface area (Å²) in [6.45, 7) is 5.94. The first-order chi connectivity index (χ1) is 11.5. The molecule has 130 valence electrons. The van der Waals surface area contributed by atoms with Crippen LogP contribution in [-0.2, 0) is 9.59 Å². The number of amides is 2. The van der Waals surface area contributed by atoms with E-state index in [1.807, 2.05) is 29.2 Å². The SMILES string of the molecule is CC(=O)N1CCC(NC2CCN(c3ccccc3Cl)C2=O)C(C)C1. The normalized spacial score (nSPS) is 27.6. The lowest BCUT2D eigenvalue weighted by Crippen LogP contribution is -2.53. The number of nitrogens with one attached hydrogen (secondary N) is 1. The van der Waals surface area contributed by atoms with Crippen molar-refractivity contribution in [2.45, 2.75) is 38.8 Å². The molecule has 2 fully saturated rings. The number of para-hydroxylation sites is 1. The third-order valence-corrected chi connectivity index (χ3v) is 5.43. The summed E-state index contributed by atoms with van der Waals surface area (Å²) in [7, 11) is 0. The van der Waals surface area contributed by atoms with Crippen molar-refractivity contribution >= 4 is 29.1 Å². The lowest BCUT2D eigenvalue weighted by molar-refractivity contribution is -0.131. The average molecular weight is 350 g/mol. The van der Waals surface area contributed by atoms with E-state index in [2.05, 4.69) is 12.2 Å². The Hall–Kier alpha value is -1.59. The maximum absolute atomic E-state index is 12.8. The molecule has 2 aliphatic rings. The quantitative estimate of drug-likeness (QED) is 0.911. The summed E-state index contributed by atoms with van der Waals surface area (Å²) in [5, 5.41) is 4.13. The van der Waals surface area contributed by atoms with E-state index in [1.54, 1.807) is 11.8 Å². The van der Waals surface area contributed by atoms with Crippen molar-refractivity contribution in [1.29, 1.82) is 0 Å². The van der Waals surface area contributed by atoms with Crippen LogP contribution in [-0.4, -0.2) is 48.4 Å². The van der Waals surface area contributed by atoms with Gasteiger partial charge in [0.25, 0.3) is 0 Å². The summed E-state index contributed by atoms with van der Waals surface area (Å²) in [6.07, 6.45) is 1.67. The van der Waals surface area contributed by atoms with Crippen molar-refractivity contribution in [3.63, 3.8) is 0 Å². The number of piperidine rings is 1. The van der Waals surface area contributed by atoms with Gasteiger partial charge >= 0.3 is 0 Å². The minimum Gasteiger partial charge on any atom is -0.343 e. The summed E-state index contributed by atoms with van der Waals surface area (Å²) in [5.41, 5.74) is 0.785. The molecule has 6 heteroatoms. The lowest BCUT2D eigenvalue weighted by Gasteiger charge is -2.38. The van der Waals surface area contributed by atoms with Crippen LogP contribution in [0.4, 0.5) is 5.69 Å². The number of likely N-dealkylation sites (tertiary alicyclic amines) is 1. The molecule has 0 radical (unpaired) electrons. The van der Waals surface area contributed by atoms with E-state index in [0.29, 0.717) is 17.5 Å². The Bertz CT molecular complexity index is 636. The van der Waals surface area contributed by atoms with Gasteiger partial charge in [-0.15, -0.1) is 0 Å². The number of nitrogens with zero attached hydrogens (tertiary/aromatic N) is 2. The molecular weight excluding hydrogens is 326 g/mol. The van der Waals surface area contributed by atoms with Crippen LogP contribution in [0.2, 0.25) is 5.02 Å². The fraction of sp³-hybridized carbons (Fsp3) is 0.556. The standard InChI is InChI=1S/C18H24ClN3O2/c1-12-11-21(13(2)23)9-7-15(12)20-16-8-10-22(18(16)24)17-6-4-3-5-14(17)19/h3-6,12,15-16,20H,7-11H2,1-2H3. The number of anilines is 1. The summed E-state index contributed by atoms with van der Waals surface area (Å²) in [4.78, 5) is 27.9. The van der Waals surface area contributed by atoms with Crippen molar-refractivity contribution in [2.75, 3.05) is 24.5 Å². The Labute approximate surface area is 147 Å². The largest absolute Gasteiger partial charge is 0.343 e. The number of hydrogen-bond donors (Lipinski definition) is 1. The Morgan fingerprint density at radius 3 is 2.67 bits per heavy atom. The van der Waals surface area contributed by atoms with E-state index in [0.717, 1.165) is 31.6 Å². The molecule has 0 bridgehead atoms. The molecule has 0 saturated carbocycles. The second-order valence-corrected chi connectivity index (χ2v) is 7.19. The predicted molar refractivity (Wildman–Crippen MR) is 95.2 cm³/mol. The van der Waals surface area contributed by atoms with Crippen molar-refractivity contribution < 1.29 is 9.59 Å². The van der Waals surface area contributed by atoms with Crippen LogP contribution in [0, 0.1) is 5.92 Å². The van der Waals surface area contributed by atoms with Crippen LogP contribution in [0.25, 0.3) is 0 Å². The second-order valence-electron chi connectivity index (χ2n) is 6.79. The number of carbonyl (C=O) groups excluding carboxylic acids is 2. The van der Waals surface area contributed by atoms with E-state index < -0.39 is 0 Å². The van der Waals surface area contributed by atoms with Gasteiger partial charge in [0.2, 0.25) is 11.8 Å². The average Bonchev–Trinajstić information content (AvgIpc) is 2.90. The van der Waals surface area contributed by atoms with Gasteiger partial charge in [-0.2, -0.15) is 0 Å². The molecule has 2 aliphatic heterocycles. The number of benzene rings is 1. The summed E-state index contributed by atoms with van der Waals surface area (Å²) in [5.74, 6) is 0.552. The first-order valence-electron chi connectivity index (χ1n) is 8.55. The molecule has 5 nitrogen and oxygen atoms in total. The molecule has 3 atom stereocenters. The van der Waals surface area contributed by atoms with Crippen molar-refractivity contribution in [3.8, 4) is 0 Å². The number of carbonyl (C=O) groups is 2. The van der Waals surface area contributed by atoms with E-state index in [4.69, 9.17) is 11.6 Å². The van der Waals surface area contributed by atoms with Crippen molar-refractivity contribution in [1.82, 2.24) is 10.2 Å². The molecule has 24 heavy (non-hydrogen) atoms. The zero-order chi connectivity index (χ0) is 17.3. The highest BCUT2D eigenvalue weighted by molar-refractivity contribution is 6.33. The van der Waals surface area contributed by atoms with Crippen LogP contribution < -0.4 is 10.2 Å². The van der Waals surface area contributed by atoms with Gasteiger partial charge in [0, 0.05) is 32.6 Å². The minimum absolute atomic E-state index is 0.0873. The van der Waals surface area contributed by atoms with Crippen LogP contribution in [0.5, 0.6) is 0 Å². The summed E-state index contributed by atoms with van der Waals surface area (Å²) < 4.78 is 0. The minimum atomic E-state index is -0.169. The van der Waals surface area contributed by atoms with Gasteiger partial charge in [-0.25, -0.2) is 0 Å². The molecule has 2 heterocycles. The maximum Gasteiger partial charge on any atom is 0.244 e. The van der Waals surface area contributed by atoms with Gasteiger partial charge in [-0.1, -0.05) is 30.7 Å². The summed E-state index contributed by atoms with van der Waals surface area (Å²) >= 11 is 6.23. The molecule has 3 rings (SSSR count). The number of hydrogen-bond acceptors (Lipinski definition) is 3. The smallest absolute Gasteiger partial charge is 0.244 e. The molecule has 1 aromatic carbocycles. The Kier molecular flexibility index (Phi) is 5.11. The van der Waals surface area contributed by atoms with Gasteiger partial charge in [0.15, 0.2) is 0 Å². The molecule has 0 aliphatic carbocycles. The zero-order valence-electron chi connectivity index (χ0n) is 14.2. The highest BCUT2D eigenvalue weighted by Gasteiger charge is 2.37. The molecule has 2 amide bonds. The van der Waals surface area contributed by atoms with E-state index in [-0.39, 0.29) is 23.9 Å².